The highest BCUT2D eigenvalue weighted by Gasteiger charge is 2.17. The number of rotatable bonds is 4. The predicted octanol–water partition coefficient (Wildman–Crippen LogP) is 2.84. The van der Waals surface area contributed by atoms with Gasteiger partial charge in [0.2, 0.25) is 0 Å². The van der Waals surface area contributed by atoms with Crippen molar-refractivity contribution in [3.63, 3.8) is 0 Å². The van der Waals surface area contributed by atoms with Crippen molar-refractivity contribution in [2.75, 3.05) is 7.05 Å². The van der Waals surface area contributed by atoms with Gasteiger partial charge in [-0.1, -0.05) is 17.7 Å². The van der Waals surface area contributed by atoms with Crippen LogP contribution in [0.5, 0.6) is 0 Å². The molecule has 2 N–H and O–H groups in total. The minimum Gasteiger partial charge on any atom is -0.288 e. The lowest BCUT2D eigenvalue weighted by molar-refractivity contribution is 0.0705. The van der Waals surface area contributed by atoms with Crippen LogP contribution in [0.25, 0.3) is 0 Å². The third-order valence-corrected chi connectivity index (χ3v) is 3.50. The standard InChI is InChI=1S/C16H12ClF2N3O3/c1-22(16(24)11-3-2-4-12(17)14(11)19)20-8-10-6-5-9(7-13(10)18)15(23)21-25/h2-8,25H,1H3,(H,21,23). The number of benzene rings is 2. The summed E-state index contributed by atoms with van der Waals surface area (Å²) in [5.41, 5.74) is 0.999. The summed E-state index contributed by atoms with van der Waals surface area (Å²) in [7, 11) is 1.27. The Labute approximate surface area is 146 Å². The third kappa shape index (κ3) is 4.17. The van der Waals surface area contributed by atoms with Gasteiger partial charge in [0.05, 0.1) is 16.8 Å². The van der Waals surface area contributed by atoms with Crippen molar-refractivity contribution in [2.45, 2.75) is 0 Å². The number of hydroxylamine groups is 1. The number of nitrogens with zero attached hydrogens (tertiary/aromatic N) is 2. The summed E-state index contributed by atoms with van der Waals surface area (Å²) >= 11 is 5.62. The molecule has 2 aromatic carbocycles. The maximum Gasteiger partial charge on any atom is 0.276 e. The molecule has 0 unspecified atom stereocenters. The number of hydrazone groups is 1. The van der Waals surface area contributed by atoms with Crippen molar-refractivity contribution in [1.82, 2.24) is 10.5 Å². The van der Waals surface area contributed by atoms with Crippen molar-refractivity contribution >= 4 is 29.6 Å². The topological polar surface area (TPSA) is 82.0 Å². The Bertz CT molecular complexity index is 859. The van der Waals surface area contributed by atoms with E-state index in [1.54, 1.807) is 0 Å². The van der Waals surface area contributed by atoms with E-state index in [4.69, 9.17) is 16.8 Å². The van der Waals surface area contributed by atoms with E-state index >= 15 is 0 Å². The molecule has 0 aromatic heterocycles. The highest BCUT2D eigenvalue weighted by molar-refractivity contribution is 6.31. The number of halogens is 3. The van der Waals surface area contributed by atoms with Crippen molar-refractivity contribution in [1.29, 1.82) is 0 Å². The Morgan fingerprint density at radius 2 is 2.00 bits per heavy atom. The summed E-state index contributed by atoms with van der Waals surface area (Å²) in [6.45, 7) is 0. The van der Waals surface area contributed by atoms with E-state index in [1.807, 2.05) is 0 Å². The predicted molar refractivity (Wildman–Crippen MR) is 86.8 cm³/mol. The first-order chi connectivity index (χ1) is 11.8. The summed E-state index contributed by atoms with van der Waals surface area (Å²) in [4.78, 5) is 23.3. The summed E-state index contributed by atoms with van der Waals surface area (Å²) in [5.74, 6) is -3.31. The lowest BCUT2D eigenvalue weighted by Gasteiger charge is -2.12. The van der Waals surface area contributed by atoms with Gasteiger partial charge in [-0.15, -0.1) is 0 Å². The van der Waals surface area contributed by atoms with Crippen LogP contribution in [-0.2, 0) is 0 Å². The average Bonchev–Trinajstić information content (AvgIpc) is 2.61. The van der Waals surface area contributed by atoms with Crippen LogP contribution in [0.3, 0.4) is 0 Å². The molecular formula is C16H12ClF2N3O3. The Kier molecular flexibility index (Phi) is 5.79. The second kappa shape index (κ2) is 7.82. The normalized spacial score (nSPS) is 10.8. The molecule has 0 atom stereocenters. The highest BCUT2D eigenvalue weighted by Crippen LogP contribution is 2.19. The molecule has 0 heterocycles. The molecule has 2 amide bonds. The number of hydrogen-bond acceptors (Lipinski definition) is 4. The summed E-state index contributed by atoms with van der Waals surface area (Å²) < 4.78 is 27.7. The molecule has 0 aliphatic heterocycles. The fourth-order valence-corrected chi connectivity index (χ4v) is 2.06. The van der Waals surface area contributed by atoms with E-state index < -0.39 is 23.4 Å². The first kappa shape index (κ1) is 18.5. The van der Waals surface area contributed by atoms with Crippen LogP contribution in [0.2, 0.25) is 5.02 Å². The zero-order valence-electron chi connectivity index (χ0n) is 12.8. The molecule has 2 aromatic rings. The second-order valence-electron chi connectivity index (χ2n) is 4.85. The first-order valence-electron chi connectivity index (χ1n) is 6.85. The van der Waals surface area contributed by atoms with Gasteiger partial charge >= 0.3 is 0 Å². The van der Waals surface area contributed by atoms with E-state index in [0.717, 1.165) is 17.3 Å². The first-order valence-corrected chi connectivity index (χ1v) is 7.23. The Hall–Kier alpha value is -2.84. The third-order valence-electron chi connectivity index (χ3n) is 3.21. The van der Waals surface area contributed by atoms with Gasteiger partial charge in [-0.25, -0.2) is 19.3 Å². The van der Waals surface area contributed by atoms with E-state index in [1.165, 1.54) is 42.9 Å². The molecule has 6 nitrogen and oxygen atoms in total. The van der Waals surface area contributed by atoms with Crippen LogP contribution >= 0.6 is 11.6 Å². The van der Waals surface area contributed by atoms with Crippen LogP contribution in [0.15, 0.2) is 41.5 Å². The van der Waals surface area contributed by atoms with E-state index in [2.05, 4.69) is 5.10 Å². The summed E-state index contributed by atoms with van der Waals surface area (Å²) in [6, 6.07) is 7.36. The van der Waals surface area contributed by atoms with Gasteiger partial charge in [0.15, 0.2) is 5.82 Å². The van der Waals surface area contributed by atoms with Crippen LogP contribution in [0.1, 0.15) is 26.3 Å². The van der Waals surface area contributed by atoms with Gasteiger partial charge in [0.25, 0.3) is 11.8 Å². The fraction of sp³-hybridized carbons (Fsp3) is 0.0625. The molecule has 0 aliphatic carbocycles. The molecule has 25 heavy (non-hydrogen) atoms. The molecule has 0 fully saturated rings. The lowest BCUT2D eigenvalue weighted by Crippen LogP contribution is -2.22. The molecule has 0 aliphatic rings. The minimum absolute atomic E-state index is 0.0132. The lowest BCUT2D eigenvalue weighted by atomic mass is 10.1. The van der Waals surface area contributed by atoms with Crippen LogP contribution in [0.4, 0.5) is 8.78 Å². The molecule has 130 valence electrons. The van der Waals surface area contributed by atoms with Gasteiger partial charge in [-0.3, -0.25) is 14.8 Å². The molecular weight excluding hydrogens is 356 g/mol. The fourth-order valence-electron chi connectivity index (χ4n) is 1.88. The maximum absolute atomic E-state index is 13.9. The van der Waals surface area contributed by atoms with Crippen LogP contribution in [0, 0.1) is 11.6 Å². The summed E-state index contributed by atoms with van der Waals surface area (Å²) in [6.07, 6.45) is 1.04. The Morgan fingerprint density at radius 3 is 2.64 bits per heavy atom. The van der Waals surface area contributed by atoms with Crippen molar-refractivity contribution in [2.24, 2.45) is 5.10 Å². The van der Waals surface area contributed by atoms with Crippen LogP contribution in [-0.4, -0.2) is 35.3 Å². The quantitative estimate of drug-likeness (QED) is 0.495. The number of amides is 2. The molecule has 0 spiro atoms. The van der Waals surface area contributed by atoms with E-state index in [9.17, 15) is 18.4 Å². The minimum atomic E-state index is -0.873. The molecule has 2 rings (SSSR count). The maximum atomic E-state index is 13.9. The Balaban J connectivity index is 2.19. The van der Waals surface area contributed by atoms with Crippen molar-refractivity contribution < 1.29 is 23.6 Å². The number of carbonyl (C=O) groups is 2. The average molecular weight is 368 g/mol. The van der Waals surface area contributed by atoms with Gasteiger partial charge in [-0.2, -0.15) is 5.10 Å². The summed E-state index contributed by atoms with van der Waals surface area (Å²) in [5, 5.41) is 12.9. The SMILES string of the molecule is CN(N=Cc1ccc(C(=O)NO)cc1F)C(=O)c1cccc(Cl)c1F. The molecule has 0 saturated carbocycles. The number of nitrogens with one attached hydrogen (secondary N) is 1. The van der Waals surface area contributed by atoms with E-state index in [-0.39, 0.29) is 21.7 Å². The molecule has 0 saturated heterocycles. The zero-order chi connectivity index (χ0) is 18.6. The zero-order valence-corrected chi connectivity index (χ0v) is 13.6. The van der Waals surface area contributed by atoms with Crippen molar-refractivity contribution in [3.8, 4) is 0 Å². The monoisotopic (exact) mass is 367 g/mol. The van der Waals surface area contributed by atoms with Gasteiger partial charge in [-0.05, 0) is 30.3 Å². The molecule has 9 heteroatoms. The molecule has 0 bridgehead atoms. The largest absolute Gasteiger partial charge is 0.288 e. The number of hydrogen-bond donors (Lipinski definition) is 2. The van der Waals surface area contributed by atoms with Gasteiger partial charge in [0, 0.05) is 18.2 Å². The second-order valence-corrected chi connectivity index (χ2v) is 5.26. The van der Waals surface area contributed by atoms with Gasteiger partial charge < -0.3 is 0 Å². The molecule has 0 radical (unpaired) electrons. The van der Waals surface area contributed by atoms with E-state index in [0.29, 0.717) is 0 Å². The van der Waals surface area contributed by atoms with Gasteiger partial charge in [0.1, 0.15) is 5.82 Å². The smallest absolute Gasteiger partial charge is 0.276 e. The van der Waals surface area contributed by atoms with Crippen molar-refractivity contribution in [3.05, 3.63) is 69.7 Å². The Morgan fingerprint density at radius 1 is 1.28 bits per heavy atom. The number of carbonyl (C=O) groups excluding carboxylic acids is 2. The highest BCUT2D eigenvalue weighted by atomic mass is 35.5. The van der Waals surface area contributed by atoms with Crippen LogP contribution < -0.4 is 5.48 Å².